The minimum Gasteiger partial charge on any atom is -0.508 e. The van der Waals surface area contributed by atoms with Gasteiger partial charge in [0, 0.05) is 18.7 Å². The lowest BCUT2D eigenvalue weighted by Crippen LogP contribution is -2.57. The van der Waals surface area contributed by atoms with Crippen LogP contribution in [0.1, 0.15) is 96.6 Å². The zero-order valence-electron chi connectivity index (χ0n) is 39.3. The van der Waals surface area contributed by atoms with Crippen LogP contribution in [0.2, 0.25) is 0 Å². The molecule has 0 bridgehead atoms. The van der Waals surface area contributed by atoms with Gasteiger partial charge in [-0.25, -0.2) is 14.4 Å². The first kappa shape index (κ1) is 45.4. The van der Waals surface area contributed by atoms with Crippen molar-refractivity contribution < 1.29 is 29.0 Å². The fourth-order valence-corrected chi connectivity index (χ4v) is 11.6. The number of amides is 4. The Kier molecular flexibility index (Phi) is 12.2. The Morgan fingerprint density at radius 3 is 2.13 bits per heavy atom. The number of anilines is 1. The number of fused-ring (bicyclic) bond motifs is 4. The molecule has 4 aliphatic rings. The second-order valence-electron chi connectivity index (χ2n) is 18.9. The first-order valence-electron chi connectivity index (χ1n) is 24.5. The molecule has 2 N–H and O–H groups in total. The summed E-state index contributed by atoms with van der Waals surface area (Å²) >= 11 is 0. The molecular formula is C58H53N7O6. The molecule has 7 atom stereocenters. The number of hydrogen-bond donors (Lipinski definition) is 2. The standard InChI is InChI=1S/C58H53N7O6/c1-38(40-20-8-5-9-21-40)59-57(70)64-47-33-28-39(19-18-36-63-48-27-15-14-26-46(48)60-61-63)37-45(47)58(56(64)69)49(54(67)62-34-16-3-2-4-17-35-62)51-55(68)71-52(42-24-12-7-13-25-42)50(41-22-10-6-11-23-41)65(51)53(58)43-29-31-44(66)32-30-43/h5-15,20-33,37-38,49-53,66H,2-4,16-17,34-36H2,1H3,(H,59,70)/t38-,49-,50-,51-,52+,53+,58-/m1/s1. The van der Waals surface area contributed by atoms with E-state index < -0.39 is 59.5 Å². The summed E-state index contributed by atoms with van der Waals surface area (Å²) in [7, 11) is 0. The van der Waals surface area contributed by atoms with Crippen molar-refractivity contribution in [2.45, 2.75) is 81.3 Å². The van der Waals surface area contributed by atoms with E-state index >= 15 is 19.2 Å². The Balaban J connectivity index is 1.17. The van der Waals surface area contributed by atoms with E-state index in [1.54, 1.807) is 41.1 Å². The largest absolute Gasteiger partial charge is 0.508 e. The maximum absolute atomic E-state index is 16.8. The van der Waals surface area contributed by atoms with Crippen LogP contribution >= 0.6 is 0 Å². The lowest BCUT2D eigenvalue weighted by atomic mass is 9.64. The summed E-state index contributed by atoms with van der Waals surface area (Å²) < 4.78 is 8.40. The van der Waals surface area contributed by atoms with Crippen molar-refractivity contribution in [1.29, 1.82) is 0 Å². The Bertz CT molecular complexity index is 3180. The first-order chi connectivity index (χ1) is 34.7. The number of urea groups is 1. The van der Waals surface area contributed by atoms with E-state index in [9.17, 15) is 5.11 Å². The lowest BCUT2D eigenvalue weighted by Gasteiger charge is -2.46. The lowest BCUT2D eigenvalue weighted by molar-refractivity contribution is -0.179. The summed E-state index contributed by atoms with van der Waals surface area (Å²) in [6, 6.07) is 44.0. The number of aromatic nitrogens is 3. The topological polar surface area (TPSA) is 150 Å². The molecule has 3 fully saturated rings. The van der Waals surface area contributed by atoms with Crippen molar-refractivity contribution in [3.05, 3.63) is 191 Å². The smallest absolute Gasteiger partial charge is 0.329 e. The predicted octanol–water partition coefficient (Wildman–Crippen LogP) is 9.12. The van der Waals surface area contributed by atoms with Gasteiger partial charge in [-0.05, 0) is 90.0 Å². The summed E-state index contributed by atoms with van der Waals surface area (Å²) in [6.07, 6.45) is 3.56. The number of nitrogens with zero attached hydrogens (tertiary/aromatic N) is 6. The van der Waals surface area contributed by atoms with Crippen molar-refractivity contribution in [3.8, 4) is 17.6 Å². The van der Waals surface area contributed by atoms with Crippen LogP contribution in [0.4, 0.5) is 10.5 Å². The molecule has 4 aliphatic heterocycles. The zero-order chi connectivity index (χ0) is 48.6. The molecule has 0 aliphatic carbocycles. The zero-order valence-corrected chi connectivity index (χ0v) is 39.3. The number of nitrogens with one attached hydrogen (secondary N) is 1. The van der Waals surface area contributed by atoms with Gasteiger partial charge in [0.25, 0.3) is 0 Å². The number of phenols is 1. The van der Waals surface area contributed by atoms with Crippen LogP contribution in [0.5, 0.6) is 5.75 Å². The summed E-state index contributed by atoms with van der Waals surface area (Å²) in [4.78, 5) is 68.9. The fourth-order valence-electron chi connectivity index (χ4n) is 11.6. The van der Waals surface area contributed by atoms with E-state index in [0.29, 0.717) is 29.8 Å². The molecule has 1 spiro atoms. The number of morpholine rings is 1. The van der Waals surface area contributed by atoms with Crippen LogP contribution in [0.25, 0.3) is 11.0 Å². The first-order valence-corrected chi connectivity index (χ1v) is 24.5. The fraction of sp³-hybridized carbons (Fsp3) is 0.276. The molecule has 356 valence electrons. The third kappa shape index (κ3) is 7.98. The normalized spacial score (nSPS) is 23.5. The quantitative estimate of drug-likeness (QED) is 0.118. The number of esters is 1. The number of cyclic esters (lactones) is 1. The van der Waals surface area contributed by atoms with E-state index in [-0.39, 0.29) is 23.9 Å². The van der Waals surface area contributed by atoms with Crippen molar-refractivity contribution in [3.63, 3.8) is 0 Å². The van der Waals surface area contributed by atoms with Crippen LogP contribution in [0.3, 0.4) is 0 Å². The number of likely N-dealkylation sites (tertiary alicyclic amines) is 1. The van der Waals surface area contributed by atoms with Gasteiger partial charge in [0.15, 0.2) is 0 Å². The number of rotatable bonds is 7. The van der Waals surface area contributed by atoms with Crippen molar-refractivity contribution in [2.24, 2.45) is 5.92 Å². The molecule has 4 amide bonds. The Labute approximate surface area is 412 Å². The Morgan fingerprint density at radius 2 is 1.41 bits per heavy atom. The highest BCUT2D eigenvalue weighted by atomic mass is 16.6. The van der Waals surface area contributed by atoms with Gasteiger partial charge in [-0.15, -0.1) is 5.10 Å². The maximum atomic E-state index is 16.8. The summed E-state index contributed by atoms with van der Waals surface area (Å²) in [6.45, 7) is 2.94. The summed E-state index contributed by atoms with van der Waals surface area (Å²) in [5.41, 5.74) is 3.73. The molecule has 0 saturated carbocycles. The number of hydrogen-bond acceptors (Lipinski definition) is 9. The molecule has 5 heterocycles. The number of para-hydroxylation sites is 1. The number of carbonyl (C=O) groups is 4. The van der Waals surface area contributed by atoms with Crippen LogP contribution in [0, 0.1) is 17.8 Å². The molecule has 13 heteroatoms. The van der Waals surface area contributed by atoms with Gasteiger partial charge in [0.05, 0.1) is 35.2 Å². The maximum Gasteiger partial charge on any atom is 0.329 e. The minimum atomic E-state index is -1.94. The average molecular weight is 944 g/mol. The second kappa shape index (κ2) is 19.0. The van der Waals surface area contributed by atoms with Crippen molar-refractivity contribution >= 4 is 40.5 Å². The predicted molar refractivity (Wildman–Crippen MR) is 267 cm³/mol. The van der Waals surface area contributed by atoms with E-state index in [1.165, 1.54) is 4.90 Å². The number of carbonyl (C=O) groups excluding carboxylic acids is 4. The highest BCUT2D eigenvalue weighted by Gasteiger charge is 2.76. The molecular weight excluding hydrogens is 891 g/mol. The Morgan fingerprint density at radius 1 is 0.761 bits per heavy atom. The van der Waals surface area contributed by atoms with Crippen LogP contribution in [-0.4, -0.2) is 72.8 Å². The highest BCUT2D eigenvalue weighted by Crippen LogP contribution is 2.66. The van der Waals surface area contributed by atoms with Gasteiger partial charge in [0.2, 0.25) is 11.8 Å². The molecule has 7 aromatic rings. The molecule has 0 radical (unpaired) electrons. The number of aromatic hydroxyl groups is 1. The van der Waals surface area contributed by atoms with Crippen LogP contribution in [0.15, 0.2) is 158 Å². The van der Waals surface area contributed by atoms with Gasteiger partial charge >= 0.3 is 12.0 Å². The third-order valence-electron chi connectivity index (χ3n) is 14.8. The van der Waals surface area contributed by atoms with Crippen molar-refractivity contribution in [1.82, 2.24) is 30.1 Å². The summed E-state index contributed by atoms with van der Waals surface area (Å²) in [5.74, 6) is 3.51. The molecule has 0 unspecified atom stereocenters. The molecule has 3 saturated heterocycles. The monoisotopic (exact) mass is 943 g/mol. The molecule has 13 nitrogen and oxygen atoms in total. The second-order valence-corrected chi connectivity index (χ2v) is 18.9. The molecule has 1 aromatic heterocycles. The molecule has 6 aromatic carbocycles. The Hall–Kier alpha value is -8.08. The number of ether oxygens (including phenoxy) is 1. The number of imide groups is 1. The number of benzene rings is 6. The van der Waals surface area contributed by atoms with Gasteiger partial charge in [0.1, 0.15) is 35.4 Å². The van der Waals surface area contributed by atoms with E-state index in [2.05, 4.69) is 27.5 Å². The van der Waals surface area contributed by atoms with Gasteiger partial charge < -0.3 is 20.1 Å². The minimum absolute atomic E-state index is 0.00259. The average Bonchev–Trinajstić information content (AvgIpc) is 4.03. The van der Waals surface area contributed by atoms with Crippen molar-refractivity contribution in [2.75, 3.05) is 18.0 Å². The summed E-state index contributed by atoms with van der Waals surface area (Å²) in [5, 5.41) is 22.6. The third-order valence-corrected chi connectivity index (χ3v) is 14.8. The molecule has 11 rings (SSSR count). The van der Waals surface area contributed by atoms with E-state index in [4.69, 9.17) is 4.74 Å². The van der Waals surface area contributed by atoms with Gasteiger partial charge in [-0.1, -0.05) is 152 Å². The van der Waals surface area contributed by atoms with Crippen LogP contribution < -0.4 is 10.2 Å². The van der Waals surface area contributed by atoms with E-state index in [0.717, 1.165) is 59.8 Å². The van der Waals surface area contributed by atoms with Gasteiger partial charge in [-0.3, -0.25) is 19.3 Å². The molecule has 71 heavy (non-hydrogen) atoms. The highest BCUT2D eigenvalue weighted by molar-refractivity contribution is 6.24. The van der Waals surface area contributed by atoms with Gasteiger partial charge in [-0.2, -0.15) is 0 Å². The SMILES string of the molecule is C[C@@H](NC(=O)N1C(=O)[C@@]2(c3cc(C#CCn4nnc5ccccc54)ccc31)[C@H](c1ccc(O)cc1)N1[C@H](c3ccccc3)[C@H](c3ccccc3)OC(=O)[C@H]1[C@@H]2C(=O)N1CCCCCCC1)c1ccccc1. The number of phenolic OH excluding ortho intramolecular Hbond substituents is 1. The van der Waals surface area contributed by atoms with E-state index in [1.807, 2.05) is 138 Å². The van der Waals surface area contributed by atoms with Crippen LogP contribution in [-0.2, 0) is 31.1 Å².